The van der Waals surface area contributed by atoms with Gasteiger partial charge in [-0.2, -0.15) is 0 Å². The van der Waals surface area contributed by atoms with E-state index < -0.39 is 0 Å². The van der Waals surface area contributed by atoms with Gasteiger partial charge in [-0.25, -0.2) is 0 Å². The minimum Gasteiger partial charge on any atom is -0.357 e. The number of rotatable bonds is 3. The van der Waals surface area contributed by atoms with Crippen LogP contribution in [0.25, 0.3) is 10.9 Å². The molecule has 128 valence electrons. The smallest absolute Gasteiger partial charge is 0.238 e. The second kappa shape index (κ2) is 6.71. The van der Waals surface area contributed by atoms with E-state index in [-0.39, 0.29) is 5.91 Å². The highest BCUT2D eigenvalue weighted by atomic mass is 35.5. The van der Waals surface area contributed by atoms with Gasteiger partial charge in [0.15, 0.2) is 0 Å². The van der Waals surface area contributed by atoms with Crippen LogP contribution >= 0.6 is 23.2 Å². The summed E-state index contributed by atoms with van der Waals surface area (Å²) in [6.45, 7) is 1.89. The number of aromatic nitrogens is 1. The second-order valence-electron chi connectivity index (χ2n) is 6.26. The lowest BCUT2D eigenvalue weighted by Gasteiger charge is -2.26. The van der Waals surface area contributed by atoms with E-state index in [2.05, 4.69) is 15.2 Å². The van der Waals surface area contributed by atoms with Crippen LogP contribution in [0.1, 0.15) is 11.3 Å². The summed E-state index contributed by atoms with van der Waals surface area (Å²) in [5.41, 5.74) is 4.21. The van der Waals surface area contributed by atoms with E-state index in [0.29, 0.717) is 17.3 Å². The maximum Gasteiger partial charge on any atom is 0.238 e. The molecule has 3 aromatic rings. The molecule has 0 aliphatic carbocycles. The van der Waals surface area contributed by atoms with Gasteiger partial charge in [0, 0.05) is 34.7 Å². The fourth-order valence-electron chi connectivity index (χ4n) is 3.36. The summed E-state index contributed by atoms with van der Waals surface area (Å²) >= 11 is 12.2. The summed E-state index contributed by atoms with van der Waals surface area (Å²) in [5.74, 6) is -0.0595. The van der Waals surface area contributed by atoms with E-state index in [1.165, 1.54) is 10.9 Å². The molecule has 1 amide bonds. The second-order valence-corrected chi connectivity index (χ2v) is 7.10. The predicted octanol–water partition coefficient (Wildman–Crippen LogP) is 4.47. The summed E-state index contributed by atoms with van der Waals surface area (Å²) in [6, 6.07) is 13.2. The van der Waals surface area contributed by atoms with Gasteiger partial charge < -0.3 is 10.3 Å². The number of amides is 1. The van der Waals surface area contributed by atoms with Crippen LogP contribution in [0.15, 0.2) is 42.5 Å². The summed E-state index contributed by atoms with van der Waals surface area (Å²) in [5, 5.41) is 5.35. The number of carbonyl (C=O) groups is 1. The van der Waals surface area contributed by atoms with Crippen molar-refractivity contribution in [2.45, 2.75) is 13.0 Å². The third-order valence-electron chi connectivity index (χ3n) is 4.53. The first-order valence-corrected chi connectivity index (χ1v) is 8.91. The minimum atomic E-state index is -0.0595. The number of H-pyrrole nitrogens is 1. The lowest BCUT2D eigenvalue weighted by Crippen LogP contribution is -2.37. The maximum atomic E-state index is 12.3. The van der Waals surface area contributed by atoms with Crippen molar-refractivity contribution in [3.63, 3.8) is 0 Å². The van der Waals surface area contributed by atoms with E-state index >= 15 is 0 Å². The predicted molar refractivity (Wildman–Crippen MR) is 102 cm³/mol. The fourth-order valence-corrected chi connectivity index (χ4v) is 3.71. The molecule has 25 heavy (non-hydrogen) atoms. The SMILES string of the molecule is O=C(CN1CCc2c([nH]c3ccc(Cl)cc23)C1)Nc1ccccc1Cl. The fraction of sp³-hybridized carbons (Fsp3) is 0.211. The van der Waals surface area contributed by atoms with Crippen LogP contribution < -0.4 is 5.32 Å². The number of aromatic amines is 1. The highest BCUT2D eigenvalue weighted by Crippen LogP contribution is 2.29. The van der Waals surface area contributed by atoms with Crippen LogP contribution in [0.5, 0.6) is 0 Å². The average molecular weight is 374 g/mol. The Kier molecular flexibility index (Phi) is 4.42. The molecule has 2 heterocycles. The standard InChI is InChI=1S/C19H17Cl2N3O/c20-12-5-6-16-14(9-12)13-7-8-24(10-18(13)22-16)11-19(25)23-17-4-2-1-3-15(17)21/h1-6,9,22H,7-8,10-11H2,(H,23,25). The number of para-hydroxylation sites is 1. The number of carbonyl (C=O) groups excluding carboxylic acids is 1. The Morgan fingerprint density at radius 3 is 2.88 bits per heavy atom. The Bertz CT molecular complexity index is 951. The molecule has 1 aliphatic rings. The Hall–Kier alpha value is -2.01. The number of nitrogens with one attached hydrogen (secondary N) is 2. The van der Waals surface area contributed by atoms with Gasteiger partial charge in [0.1, 0.15) is 0 Å². The Morgan fingerprint density at radius 1 is 1.20 bits per heavy atom. The molecule has 0 saturated carbocycles. The van der Waals surface area contributed by atoms with Crippen molar-refractivity contribution in [2.24, 2.45) is 0 Å². The van der Waals surface area contributed by atoms with E-state index in [9.17, 15) is 4.79 Å². The van der Waals surface area contributed by atoms with Crippen molar-refractivity contribution in [1.29, 1.82) is 0 Å². The number of hydrogen-bond acceptors (Lipinski definition) is 2. The van der Waals surface area contributed by atoms with E-state index in [4.69, 9.17) is 23.2 Å². The zero-order valence-corrected chi connectivity index (χ0v) is 15.0. The molecule has 0 spiro atoms. The number of anilines is 1. The van der Waals surface area contributed by atoms with E-state index in [1.807, 2.05) is 30.3 Å². The number of nitrogens with zero attached hydrogens (tertiary/aromatic N) is 1. The molecule has 0 saturated heterocycles. The van der Waals surface area contributed by atoms with Gasteiger partial charge in [0.2, 0.25) is 5.91 Å². The first-order valence-electron chi connectivity index (χ1n) is 8.16. The van der Waals surface area contributed by atoms with Gasteiger partial charge >= 0.3 is 0 Å². The normalized spacial score (nSPS) is 14.5. The van der Waals surface area contributed by atoms with Gasteiger partial charge in [0.05, 0.1) is 17.3 Å². The largest absolute Gasteiger partial charge is 0.357 e. The molecule has 4 rings (SSSR count). The number of halogens is 2. The zero-order chi connectivity index (χ0) is 17.4. The number of benzene rings is 2. The first-order chi connectivity index (χ1) is 12.1. The van der Waals surface area contributed by atoms with Crippen molar-refractivity contribution in [3.8, 4) is 0 Å². The highest BCUT2D eigenvalue weighted by Gasteiger charge is 2.22. The molecular formula is C19H17Cl2N3O. The molecule has 0 atom stereocenters. The van der Waals surface area contributed by atoms with Crippen molar-refractivity contribution >= 4 is 45.7 Å². The van der Waals surface area contributed by atoms with Crippen LogP contribution in [0.4, 0.5) is 5.69 Å². The van der Waals surface area contributed by atoms with Crippen LogP contribution in [-0.4, -0.2) is 28.9 Å². The molecule has 0 unspecified atom stereocenters. The summed E-state index contributed by atoms with van der Waals surface area (Å²) in [6.07, 6.45) is 0.898. The number of fused-ring (bicyclic) bond motifs is 3. The van der Waals surface area contributed by atoms with Crippen molar-refractivity contribution in [3.05, 3.63) is 63.8 Å². The van der Waals surface area contributed by atoms with Crippen LogP contribution in [0.2, 0.25) is 10.0 Å². The topological polar surface area (TPSA) is 48.1 Å². The van der Waals surface area contributed by atoms with Crippen molar-refractivity contribution in [1.82, 2.24) is 9.88 Å². The lowest BCUT2D eigenvalue weighted by molar-refractivity contribution is -0.117. The van der Waals surface area contributed by atoms with Crippen molar-refractivity contribution < 1.29 is 4.79 Å². The Morgan fingerprint density at radius 2 is 2.04 bits per heavy atom. The molecule has 2 N–H and O–H groups in total. The molecule has 1 aliphatic heterocycles. The van der Waals surface area contributed by atoms with Gasteiger partial charge in [0.25, 0.3) is 0 Å². The third kappa shape index (κ3) is 3.38. The quantitative estimate of drug-likeness (QED) is 0.711. The monoisotopic (exact) mass is 373 g/mol. The Labute approximate surface area is 155 Å². The van der Waals surface area contributed by atoms with Crippen molar-refractivity contribution in [2.75, 3.05) is 18.4 Å². The van der Waals surface area contributed by atoms with Crippen LogP contribution in [0, 0.1) is 0 Å². The maximum absolute atomic E-state index is 12.3. The number of hydrogen-bond donors (Lipinski definition) is 2. The summed E-state index contributed by atoms with van der Waals surface area (Å²) in [7, 11) is 0. The zero-order valence-electron chi connectivity index (χ0n) is 13.5. The first kappa shape index (κ1) is 16.5. The van der Waals surface area contributed by atoms with Gasteiger partial charge in [-0.1, -0.05) is 35.3 Å². The molecular weight excluding hydrogens is 357 g/mol. The van der Waals surface area contributed by atoms with E-state index in [1.54, 1.807) is 12.1 Å². The van der Waals surface area contributed by atoms with Gasteiger partial charge in [-0.05, 0) is 42.3 Å². The highest BCUT2D eigenvalue weighted by molar-refractivity contribution is 6.33. The van der Waals surface area contributed by atoms with Crippen LogP contribution in [-0.2, 0) is 17.8 Å². The summed E-state index contributed by atoms with van der Waals surface area (Å²) in [4.78, 5) is 17.9. The molecule has 0 bridgehead atoms. The lowest BCUT2D eigenvalue weighted by atomic mass is 10.0. The molecule has 0 radical (unpaired) electrons. The molecule has 2 aromatic carbocycles. The van der Waals surface area contributed by atoms with Gasteiger partial charge in [-0.3, -0.25) is 9.69 Å². The Balaban J connectivity index is 1.46. The molecule has 4 nitrogen and oxygen atoms in total. The molecule has 0 fully saturated rings. The average Bonchev–Trinajstić information content (AvgIpc) is 2.94. The summed E-state index contributed by atoms with van der Waals surface area (Å²) < 4.78 is 0. The molecule has 6 heteroatoms. The third-order valence-corrected chi connectivity index (χ3v) is 5.10. The van der Waals surface area contributed by atoms with Gasteiger partial charge in [-0.15, -0.1) is 0 Å². The van der Waals surface area contributed by atoms with Crippen LogP contribution in [0.3, 0.4) is 0 Å². The molecule has 1 aromatic heterocycles. The minimum absolute atomic E-state index is 0.0595. The van der Waals surface area contributed by atoms with E-state index in [0.717, 1.165) is 35.7 Å².